The molecule has 0 saturated heterocycles. The molecule has 0 saturated carbocycles. The van der Waals surface area contributed by atoms with Gasteiger partial charge in [-0.3, -0.25) is 29.7 Å². The zero-order valence-corrected chi connectivity index (χ0v) is 12.6. The van der Waals surface area contributed by atoms with Crippen LogP contribution in [0.4, 0.5) is 17.1 Å². The molecule has 23 heavy (non-hydrogen) atoms. The molecule has 0 unspecified atom stereocenters. The first-order valence-electron chi connectivity index (χ1n) is 6.45. The smallest absolute Gasteiger partial charge is 0.281 e. The summed E-state index contributed by atoms with van der Waals surface area (Å²) < 4.78 is 1.49. The molecule has 2 aromatic rings. The topological polar surface area (TPSA) is 133 Å². The van der Waals surface area contributed by atoms with Crippen LogP contribution in [0.3, 0.4) is 0 Å². The van der Waals surface area contributed by atoms with Crippen LogP contribution in [0.25, 0.3) is 0 Å². The number of carbonyl (C=O) groups excluding carboxylic acids is 1. The second-order valence-corrected chi connectivity index (χ2v) is 4.88. The number of nitrogens with one attached hydrogen (secondary N) is 1. The van der Waals surface area contributed by atoms with Crippen molar-refractivity contribution in [2.45, 2.75) is 13.8 Å². The van der Waals surface area contributed by atoms with Crippen molar-refractivity contribution in [1.82, 2.24) is 9.78 Å². The van der Waals surface area contributed by atoms with Gasteiger partial charge in [0.1, 0.15) is 5.56 Å². The highest BCUT2D eigenvalue weighted by atomic mass is 16.6. The van der Waals surface area contributed by atoms with Gasteiger partial charge in [0.05, 0.1) is 27.3 Å². The Kier molecular flexibility index (Phi) is 4.08. The largest absolute Gasteiger partial charge is 0.321 e. The van der Waals surface area contributed by atoms with E-state index in [9.17, 15) is 25.0 Å². The van der Waals surface area contributed by atoms with Crippen LogP contribution in [-0.2, 0) is 7.05 Å². The van der Waals surface area contributed by atoms with Crippen LogP contribution >= 0.6 is 0 Å². The Morgan fingerprint density at radius 3 is 2.09 bits per heavy atom. The molecule has 10 heteroatoms. The van der Waals surface area contributed by atoms with Crippen LogP contribution in [0.2, 0.25) is 0 Å². The van der Waals surface area contributed by atoms with Gasteiger partial charge in [-0.1, -0.05) is 0 Å². The first kappa shape index (κ1) is 16.1. The van der Waals surface area contributed by atoms with Gasteiger partial charge in [0.25, 0.3) is 17.3 Å². The number of rotatable bonds is 4. The highest BCUT2D eigenvalue weighted by molar-refractivity contribution is 6.05. The number of anilines is 1. The second-order valence-electron chi connectivity index (χ2n) is 4.88. The Bertz CT molecular complexity index is 791. The third-order valence-corrected chi connectivity index (χ3v) is 3.48. The fourth-order valence-corrected chi connectivity index (χ4v) is 2.06. The van der Waals surface area contributed by atoms with E-state index in [0.717, 1.165) is 12.1 Å². The van der Waals surface area contributed by atoms with Gasteiger partial charge in [-0.2, -0.15) is 5.10 Å². The molecular weight excluding hydrogens is 306 g/mol. The lowest BCUT2D eigenvalue weighted by atomic mass is 10.1. The summed E-state index contributed by atoms with van der Waals surface area (Å²) >= 11 is 0. The van der Waals surface area contributed by atoms with Crippen molar-refractivity contribution in [3.05, 3.63) is 55.4 Å². The molecule has 0 spiro atoms. The molecule has 0 aliphatic carbocycles. The van der Waals surface area contributed by atoms with Crippen molar-refractivity contribution in [3.8, 4) is 0 Å². The maximum absolute atomic E-state index is 12.2. The Hall–Kier alpha value is -3.30. The third-order valence-electron chi connectivity index (χ3n) is 3.48. The third kappa shape index (κ3) is 3.00. The van der Waals surface area contributed by atoms with E-state index in [-0.39, 0.29) is 16.8 Å². The van der Waals surface area contributed by atoms with Gasteiger partial charge >= 0.3 is 0 Å². The minimum atomic E-state index is -0.729. The van der Waals surface area contributed by atoms with Crippen LogP contribution in [0.15, 0.2) is 18.3 Å². The van der Waals surface area contributed by atoms with Crippen molar-refractivity contribution < 1.29 is 14.6 Å². The van der Waals surface area contributed by atoms with Gasteiger partial charge in [-0.05, 0) is 13.8 Å². The molecule has 1 N–H and O–H groups in total. The molecule has 0 aliphatic heterocycles. The molecule has 10 nitrogen and oxygen atoms in total. The SMILES string of the molecule is Cc1c([N+](=O)[O-])cc(NC(=O)c2cnn(C)c2C)cc1[N+](=O)[O-]. The summed E-state index contributed by atoms with van der Waals surface area (Å²) in [5.74, 6) is -0.553. The van der Waals surface area contributed by atoms with Crippen molar-refractivity contribution in [2.24, 2.45) is 7.05 Å². The van der Waals surface area contributed by atoms with E-state index in [1.54, 1.807) is 14.0 Å². The minimum Gasteiger partial charge on any atom is -0.321 e. The van der Waals surface area contributed by atoms with Crippen molar-refractivity contribution in [2.75, 3.05) is 5.32 Å². The summed E-state index contributed by atoms with van der Waals surface area (Å²) in [6.45, 7) is 2.97. The maximum atomic E-state index is 12.2. The average Bonchev–Trinajstić information content (AvgIpc) is 2.80. The van der Waals surface area contributed by atoms with Crippen LogP contribution in [0.5, 0.6) is 0 Å². The van der Waals surface area contributed by atoms with Crippen molar-refractivity contribution in [3.63, 3.8) is 0 Å². The summed E-state index contributed by atoms with van der Waals surface area (Å²) in [5, 5.41) is 28.4. The van der Waals surface area contributed by atoms with Crippen LogP contribution in [0.1, 0.15) is 21.6 Å². The Morgan fingerprint density at radius 1 is 1.17 bits per heavy atom. The Balaban J connectivity index is 2.44. The van der Waals surface area contributed by atoms with Crippen LogP contribution in [0, 0.1) is 34.1 Å². The quantitative estimate of drug-likeness (QED) is 0.677. The molecule has 0 bridgehead atoms. The number of aromatic nitrogens is 2. The first-order chi connectivity index (χ1) is 10.7. The molecule has 0 atom stereocenters. The molecule has 0 radical (unpaired) electrons. The number of nitrogens with zero attached hydrogens (tertiary/aromatic N) is 4. The van der Waals surface area contributed by atoms with Gasteiger partial charge in [0, 0.05) is 24.9 Å². The summed E-state index contributed by atoms with van der Waals surface area (Å²) in [5.41, 5.74) is -0.0929. The fraction of sp³-hybridized carbons (Fsp3) is 0.231. The van der Waals surface area contributed by atoms with Gasteiger partial charge in [0.2, 0.25) is 0 Å². The van der Waals surface area contributed by atoms with Gasteiger partial charge in [0.15, 0.2) is 0 Å². The minimum absolute atomic E-state index is 0.0257. The first-order valence-corrected chi connectivity index (χ1v) is 6.45. The van der Waals surface area contributed by atoms with Gasteiger partial charge in [-0.25, -0.2) is 0 Å². The summed E-state index contributed by atoms with van der Waals surface area (Å²) in [6, 6.07) is 2.18. The maximum Gasteiger partial charge on any atom is 0.281 e. The highest BCUT2D eigenvalue weighted by Crippen LogP contribution is 2.31. The average molecular weight is 319 g/mol. The number of hydrogen-bond donors (Lipinski definition) is 1. The van der Waals surface area contributed by atoms with E-state index in [4.69, 9.17) is 0 Å². The van der Waals surface area contributed by atoms with Crippen molar-refractivity contribution in [1.29, 1.82) is 0 Å². The van der Waals surface area contributed by atoms with Crippen molar-refractivity contribution >= 4 is 23.0 Å². The summed E-state index contributed by atoms with van der Waals surface area (Å²) in [6.07, 6.45) is 1.35. The number of hydrogen-bond acceptors (Lipinski definition) is 6. The molecule has 0 aliphatic rings. The number of carbonyl (C=O) groups is 1. The lowest BCUT2D eigenvalue weighted by Gasteiger charge is -2.07. The molecule has 1 aromatic carbocycles. The van der Waals surface area contributed by atoms with Gasteiger partial charge in [-0.15, -0.1) is 0 Å². The van der Waals surface area contributed by atoms with E-state index in [1.165, 1.54) is 17.8 Å². The second kappa shape index (κ2) is 5.83. The molecule has 1 aromatic heterocycles. The van der Waals surface area contributed by atoms with E-state index < -0.39 is 27.1 Å². The lowest BCUT2D eigenvalue weighted by molar-refractivity contribution is -0.395. The predicted molar refractivity (Wildman–Crippen MR) is 80.4 cm³/mol. The molecule has 0 fully saturated rings. The van der Waals surface area contributed by atoms with E-state index in [2.05, 4.69) is 10.4 Å². The zero-order valence-electron chi connectivity index (χ0n) is 12.6. The number of nitro benzene ring substituents is 2. The number of amides is 1. The number of aryl methyl sites for hydroxylation is 1. The molecule has 1 amide bonds. The fourth-order valence-electron chi connectivity index (χ4n) is 2.06. The zero-order chi connectivity index (χ0) is 17.3. The monoisotopic (exact) mass is 319 g/mol. The Labute approximate surface area is 130 Å². The van der Waals surface area contributed by atoms with Crippen LogP contribution in [-0.4, -0.2) is 25.5 Å². The van der Waals surface area contributed by atoms with E-state index >= 15 is 0 Å². The van der Waals surface area contributed by atoms with E-state index in [0.29, 0.717) is 5.69 Å². The normalized spacial score (nSPS) is 10.4. The van der Waals surface area contributed by atoms with E-state index in [1.807, 2.05) is 0 Å². The molecule has 120 valence electrons. The predicted octanol–water partition coefficient (Wildman–Crippen LogP) is 2.11. The Morgan fingerprint density at radius 2 is 1.70 bits per heavy atom. The van der Waals surface area contributed by atoms with Crippen LogP contribution < -0.4 is 5.32 Å². The van der Waals surface area contributed by atoms with Gasteiger partial charge < -0.3 is 5.32 Å². The molecule has 1 heterocycles. The number of nitro groups is 2. The number of benzene rings is 1. The molecular formula is C13H13N5O5. The molecule has 2 rings (SSSR count). The highest BCUT2D eigenvalue weighted by Gasteiger charge is 2.24. The summed E-state index contributed by atoms with van der Waals surface area (Å²) in [7, 11) is 1.66. The summed E-state index contributed by atoms with van der Waals surface area (Å²) in [4.78, 5) is 32.8. The lowest BCUT2D eigenvalue weighted by Crippen LogP contribution is -2.13. The standard InChI is InChI=1S/C13H13N5O5/c1-7-11(17(20)21)4-9(5-12(7)18(22)23)15-13(19)10-6-14-16(3)8(10)2/h4-6H,1-3H3,(H,15,19).